The number of hydrogen-bond donors (Lipinski definition) is 3. The van der Waals surface area contributed by atoms with E-state index in [9.17, 15) is 4.79 Å². The number of aromatic amines is 2. The van der Waals surface area contributed by atoms with Gasteiger partial charge >= 0.3 is 0 Å². The van der Waals surface area contributed by atoms with Crippen LogP contribution in [0, 0.1) is 5.92 Å². The number of fused-ring (bicyclic) bond motifs is 2. The Bertz CT molecular complexity index is 1840. The Balaban J connectivity index is 1.20. The smallest absolute Gasteiger partial charge is 0.227 e. The van der Waals surface area contributed by atoms with Gasteiger partial charge in [0.15, 0.2) is 11.5 Å². The van der Waals surface area contributed by atoms with E-state index in [2.05, 4.69) is 52.4 Å². The number of pyridine rings is 4. The number of amides is 1. The Hall–Kier alpha value is -5.03. The number of aromatic nitrogens is 8. The number of hydrogen-bond acceptors (Lipinski definition) is 8. The molecule has 0 aromatic carbocycles. The molecule has 1 fully saturated rings. The topological polar surface area (TPSA) is 141 Å². The number of nitrogens with one attached hydrogen (secondary N) is 3. The van der Waals surface area contributed by atoms with Crippen molar-refractivity contribution >= 4 is 33.7 Å². The fourth-order valence-electron chi connectivity index (χ4n) is 5.20. The highest BCUT2D eigenvalue weighted by molar-refractivity contribution is 5.97. The van der Waals surface area contributed by atoms with Crippen LogP contribution >= 0.6 is 0 Å². The first-order valence-electron chi connectivity index (χ1n) is 13.2. The Morgan fingerprint density at radius 3 is 2.65 bits per heavy atom. The minimum Gasteiger partial charge on any atom is -0.335 e. The SMILES string of the molecule is CN1CCC(C(=O)Nc2cncc(-c3cnc4n[nH]c(-c5nc6c(-c7cccnc7)cncc6[nH]5)c4c3)c2)CC1. The molecular weight excluding hydrogens is 504 g/mol. The van der Waals surface area contributed by atoms with Crippen LogP contribution in [0.2, 0.25) is 0 Å². The largest absolute Gasteiger partial charge is 0.335 e. The number of anilines is 1. The number of H-pyrrole nitrogens is 2. The zero-order valence-electron chi connectivity index (χ0n) is 21.8. The standard InChI is InChI=1S/C29H26N10O/c1-39-7-4-17(5-8-39)29(40)34-21-9-19(12-31-14-21)20-10-22-26(37-38-27(22)33-13-20)28-35-24-16-32-15-23(25(24)36-28)18-3-2-6-30-11-18/h2-3,6,9-17H,4-5,7-8H2,1H3,(H,34,40)(H,35,36)(H,33,37,38). The lowest BCUT2D eigenvalue weighted by atomic mass is 9.96. The maximum atomic E-state index is 12.9. The van der Waals surface area contributed by atoms with Crippen molar-refractivity contribution in [3.63, 3.8) is 0 Å². The molecule has 1 saturated heterocycles. The molecule has 7 heterocycles. The molecule has 0 aliphatic carbocycles. The highest BCUT2D eigenvalue weighted by Gasteiger charge is 2.23. The molecule has 0 atom stereocenters. The Morgan fingerprint density at radius 2 is 1.80 bits per heavy atom. The number of carbonyl (C=O) groups excluding carboxylic acids is 1. The third-order valence-corrected chi connectivity index (χ3v) is 7.44. The van der Waals surface area contributed by atoms with Gasteiger partial charge in [0.05, 0.1) is 29.0 Å². The molecule has 40 heavy (non-hydrogen) atoms. The maximum Gasteiger partial charge on any atom is 0.227 e. The van der Waals surface area contributed by atoms with Gasteiger partial charge in [0.2, 0.25) is 5.91 Å². The molecule has 3 N–H and O–H groups in total. The number of likely N-dealkylation sites (tertiary alicyclic amines) is 1. The summed E-state index contributed by atoms with van der Waals surface area (Å²) in [7, 11) is 2.09. The van der Waals surface area contributed by atoms with E-state index >= 15 is 0 Å². The van der Waals surface area contributed by atoms with Crippen molar-refractivity contribution in [1.29, 1.82) is 0 Å². The quantitative estimate of drug-likeness (QED) is 0.300. The molecule has 1 amide bonds. The molecule has 0 unspecified atom stereocenters. The highest BCUT2D eigenvalue weighted by atomic mass is 16.1. The average molecular weight is 531 g/mol. The molecular formula is C29H26N10O. The molecule has 1 aliphatic rings. The molecule has 7 rings (SSSR count). The van der Waals surface area contributed by atoms with E-state index in [-0.39, 0.29) is 11.8 Å². The monoisotopic (exact) mass is 530 g/mol. The van der Waals surface area contributed by atoms with Crippen LogP contribution in [0.5, 0.6) is 0 Å². The molecule has 198 valence electrons. The second-order valence-electron chi connectivity index (χ2n) is 10.1. The molecule has 6 aromatic heterocycles. The maximum absolute atomic E-state index is 12.9. The molecule has 0 radical (unpaired) electrons. The van der Waals surface area contributed by atoms with E-state index in [1.807, 2.05) is 24.3 Å². The molecule has 11 nitrogen and oxygen atoms in total. The van der Waals surface area contributed by atoms with E-state index in [1.165, 1.54) is 0 Å². The highest BCUT2D eigenvalue weighted by Crippen LogP contribution is 2.32. The van der Waals surface area contributed by atoms with E-state index in [0.717, 1.165) is 70.3 Å². The molecule has 0 bridgehead atoms. The van der Waals surface area contributed by atoms with Gasteiger partial charge in [-0.3, -0.25) is 24.8 Å². The normalized spacial score (nSPS) is 14.6. The first-order valence-corrected chi connectivity index (χ1v) is 13.2. The van der Waals surface area contributed by atoms with Crippen molar-refractivity contribution < 1.29 is 4.79 Å². The van der Waals surface area contributed by atoms with Gasteiger partial charge in [-0.2, -0.15) is 5.10 Å². The molecule has 6 aromatic rings. The van der Waals surface area contributed by atoms with Crippen molar-refractivity contribution in [3.8, 4) is 33.8 Å². The second kappa shape index (κ2) is 9.93. The molecule has 1 aliphatic heterocycles. The van der Waals surface area contributed by atoms with Crippen molar-refractivity contribution in [2.24, 2.45) is 5.92 Å². The van der Waals surface area contributed by atoms with Crippen molar-refractivity contribution in [2.45, 2.75) is 12.8 Å². The van der Waals surface area contributed by atoms with Gasteiger partial charge in [-0.05, 0) is 51.2 Å². The Kier molecular flexibility index (Phi) is 5.97. The summed E-state index contributed by atoms with van der Waals surface area (Å²) in [6.07, 6.45) is 14.0. The lowest BCUT2D eigenvalue weighted by molar-refractivity contribution is -0.121. The average Bonchev–Trinajstić information content (AvgIpc) is 3.62. The van der Waals surface area contributed by atoms with Crippen LogP contribution in [0.3, 0.4) is 0 Å². The van der Waals surface area contributed by atoms with Crippen LogP contribution < -0.4 is 5.32 Å². The predicted molar refractivity (Wildman–Crippen MR) is 152 cm³/mol. The number of piperidine rings is 1. The second-order valence-corrected chi connectivity index (χ2v) is 10.1. The fourth-order valence-corrected chi connectivity index (χ4v) is 5.20. The van der Waals surface area contributed by atoms with Gasteiger partial charge < -0.3 is 15.2 Å². The fraction of sp³-hybridized carbons (Fsp3) is 0.207. The van der Waals surface area contributed by atoms with Gasteiger partial charge in [-0.15, -0.1) is 0 Å². The third-order valence-electron chi connectivity index (χ3n) is 7.44. The lowest BCUT2D eigenvalue weighted by Gasteiger charge is -2.28. The summed E-state index contributed by atoms with van der Waals surface area (Å²) in [6.45, 7) is 1.86. The van der Waals surface area contributed by atoms with Crippen molar-refractivity contribution in [1.82, 2.24) is 45.0 Å². The summed E-state index contributed by atoms with van der Waals surface area (Å²) in [5.74, 6) is 0.693. The van der Waals surface area contributed by atoms with E-state index < -0.39 is 0 Å². The van der Waals surface area contributed by atoms with Crippen LogP contribution in [0.4, 0.5) is 5.69 Å². The molecule has 0 saturated carbocycles. The van der Waals surface area contributed by atoms with Crippen LogP contribution in [0.25, 0.3) is 55.8 Å². The van der Waals surface area contributed by atoms with Crippen LogP contribution in [-0.2, 0) is 4.79 Å². The first kappa shape index (κ1) is 24.0. The lowest BCUT2D eigenvalue weighted by Crippen LogP contribution is -2.35. The number of carbonyl (C=O) groups is 1. The zero-order chi connectivity index (χ0) is 27.1. The summed E-state index contributed by atoms with van der Waals surface area (Å²) < 4.78 is 0. The predicted octanol–water partition coefficient (Wildman–Crippen LogP) is 4.30. The van der Waals surface area contributed by atoms with Gasteiger partial charge in [0, 0.05) is 59.2 Å². The van der Waals surface area contributed by atoms with Crippen LogP contribution in [0.15, 0.2) is 67.6 Å². The van der Waals surface area contributed by atoms with Crippen molar-refractivity contribution in [2.75, 3.05) is 25.5 Å². The minimum atomic E-state index is 0.0176. The van der Waals surface area contributed by atoms with Gasteiger partial charge in [0.1, 0.15) is 11.2 Å². The van der Waals surface area contributed by atoms with Gasteiger partial charge in [-0.1, -0.05) is 6.07 Å². The number of nitrogens with zero attached hydrogens (tertiary/aromatic N) is 7. The Labute approximate surface area is 229 Å². The summed E-state index contributed by atoms with van der Waals surface area (Å²) in [5.41, 5.74) is 7.08. The molecule has 0 spiro atoms. The number of rotatable bonds is 5. The summed E-state index contributed by atoms with van der Waals surface area (Å²) in [6, 6.07) is 7.81. The van der Waals surface area contributed by atoms with Crippen LogP contribution in [-0.4, -0.2) is 71.0 Å². The number of imidazole rings is 1. The molecule has 11 heteroatoms. The van der Waals surface area contributed by atoms with E-state index in [1.54, 1.807) is 43.4 Å². The zero-order valence-corrected chi connectivity index (χ0v) is 21.8. The van der Waals surface area contributed by atoms with E-state index in [4.69, 9.17) is 4.98 Å². The van der Waals surface area contributed by atoms with Gasteiger partial charge in [0.25, 0.3) is 0 Å². The van der Waals surface area contributed by atoms with Crippen molar-refractivity contribution in [3.05, 3.63) is 67.6 Å². The third kappa shape index (κ3) is 4.46. The summed E-state index contributed by atoms with van der Waals surface area (Å²) in [4.78, 5) is 40.9. The summed E-state index contributed by atoms with van der Waals surface area (Å²) in [5, 5.41) is 11.4. The van der Waals surface area contributed by atoms with E-state index in [0.29, 0.717) is 17.2 Å². The minimum absolute atomic E-state index is 0.0176. The Morgan fingerprint density at radius 1 is 0.975 bits per heavy atom. The first-order chi connectivity index (χ1) is 19.6. The van der Waals surface area contributed by atoms with Gasteiger partial charge in [-0.25, -0.2) is 9.97 Å². The summed E-state index contributed by atoms with van der Waals surface area (Å²) >= 11 is 0. The van der Waals surface area contributed by atoms with Crippen LogP contribution in [0.1, 0.15) is 12.8 Å².